The van der Waals surface area contributed by atoms with Gasteiger partial charge in [-0.1, -0.05) is 30.7 Å². The third-order valence-electron chi connectivity index (χ3n) is 5.45. The van der Waals surface area contributed by atoms with Crippen molar-refractivity contribution >= 4 is 5.97 Å². The maximum atomic E-state index is 12.8. The molecule has 0 saturated carbocycles. The molecule has 0 atom stereocenters. The second-order valence-electron chi connectivity index (χ2n) is 8.65. The van der Waals surface area contributed by atoms with Crippen LogP contribution < -0.4 is 10.4 Å². The molecular formula is C26H38N2O4. The smallest absolute Gasteiger partial charge is 0.349 e. The van der Waals surface area contributed by atoms with Crippen LogP contribution in [0.4, 0.5) is 0 Å². The van der Waals surface area contributed by atoms with Gasteiger partial charge in [0.05, 0.1) is 6.61 Å². The van der Waals surface area contributed by atoms with Crippen LogP contribution in [0.15, 0.2) is 46.9 Å². The van der Waals surface area contributed by atoms with E-state index in [1.807, 2.05) is 59.5 Å². The van der Waals surface area contributed by atoms with Gasteiger partial charge in [-0.2, -0.15) is 0 Å². The van der Waals surface area contributed by atoms with Crippen molar-refractivity contribution in [3.05, 3.63) is 63.9 Å². The average Bonchev–Trinajstić information content (AvgIpc) is 3.04. The maximum Gasteiger partial charge on any atom is 0.349 e. The van der Waals surface area contributed by atoms with Crippen molar-refractivity contribution in [1.29, 1.82) is 0 Å². The van der Waals surface area contributed by atoms with Gasteiger partial charge in [0.25, 0.3) is 0 Å². The van der Waals surface area contributed by atoms with E-state index in [1.54, 1.807) is 20.8 Å². The Morgan fingerprint density at radius 3 is 2.41 bits per heavy atom. The lowest BCUT2D eigenvalue weighted by Crippen LogP contribution is -2.39. The van der Waals surface area contributed by atoms with Gasteiger partial charge in [-0.05, 0) is 78.0 Å². The van der Waals surface area contributed by atoms with Gasteiger partial charge in [0.1, 0.15) is 5.75 Å². The molecule has 0 aliphatic rings. The highest BCUT2D eigenvalue weighted by Gasteiger charge is 2.31. The summed E-state index contributed by atoms with van der Waals surface area (Å²) in [5, 5.41) is 0. The molecule has 0 radical (unpaired) electrons. The van der Waals surface area contributed by atoms with Crippen molar-refractivity contribution in [2.24, 2.45) is 0 Å². The highest BCUT2D eigenvalue weighted by Crippen LogP contribution is 2.21. The fraction of sp³-hybridized carbons (Fsp3) is 0.538. The number of esters is 1. The number of nitrogens with zero attached hydrogens (tertiary/aromatic N) is 2. The second kappa shape index (κ2) is 11.7. The highest BCUT2D eigenvalue weighted by molar-refractivity contribution is 5.79. The summed E-state index contributed by atoms with van der Waals surface area (Å²) in [6.45, 7) is 13.1. The fourth-order valence-electron chi connectivity index (χ4n) is 3.56. The third kappa shape index (κ3) is 6.87. The molecule has 1 aromatic carbocycles. The van der Waals surface area contributed by atoms with Crippen molar-refractivity contribution in [2.75, 3.05) is 6.61 Å². The quantitative estimate of drug-likeness (QED) is 0.346. The van der Waals surface area contributed by atoms with Crippen molar-refractivity contribution in [2.45, 2.75) is 85.9 Å². The Morgan fingerprint density at radius 2 is 1.81 bits per heavy atom. The van der Waals surface area contributed by atoms with E-state index in [0.29, 0.717) is 18.9 Å². The van der Waals surface area contributed by atoms with E-state index >= 15 is 0 Å². The van der Waals surface area contributed by atoms with Crippen LogP contribution in [-0.2, 0) is 35.5 Å². The Kier molecular flexibility index (Phi) is 9.36. The molecular weight excluding hydrogens is 404 g/mol. The Balaban J connectivity index is 1.99. The Labute approximate surface area is 191 Å². The van der Waals surface area contributed by atoms with Crippen molar-refractivity contribution in [1.82, 2.24) is 9.13 Å². The molecule has 2 aromatic rings. The minimum atomic E-state index is -1.03. The van der Waals surface area contributed by atoms with Gasteiger partial charge >= 0.3 is 11.7 Å². The average molecular weight is 443 g/mol. The first-order chi connectivity index (χ1) is 15.2. The molecule has 6 nitrogen and oxygen atoms in total. The van der Waals surface area contributed by atoms with Crippen molar-refractivity contribution < 1.29 is 14.3 Å². The van der Waals surface area contributed by atoms with Crippen LogP contribution in [-0.4, -0.2) is 27.3 Å². The van der Waals surface area contributed by atoms with Gasteiger partial charge in [-0.15, -0.1) is 0 Å². The third-order valence-corrected chi connectivity index (χ3v) is 5.45. The number of aryl methyl sites for hydroxylation is 2. The summed E-state index contributed by atoms with van der Waals surface area (Å²) in [6.07, 6.45) is 7.70. The second-order valence-corrected chi connectivity index (χ2v) is 8.65. The molecule has 0 amide bonds. The Bertz CT molecular complexity index is 965. The minimum Gasteiger partial charge on any atom is -0.476 e. The first-order valence-corrected chi connectivity index (χ1v) is 11.6. The zero-order valence-electron chi connectivity index (χ0n) is 20.4. The van der Waals surface area contributed by atoms with E-state index in [4.69, 9.17) is 9.47 Å². The molecule has 0 N–H and O–H groups in total. The first kappa shape index (κ1) is 25.5. The predicted octanol–water partition coefficient (Wildman–Crippen LogP) is 4.92. The number of carbonyl (C=O) groups is 1. The van der Waals surface area contributed by atoms with E-state index in [-0.39, 0.29) is 11.7 Å². The molecule has 0 aliphatic carbocycles. The number of allylic oxidation sites excluding steroid dienone is 2. The Morgan fingerprint density at radius 1 is 1.12 bits per heavy atom. The molecule has 0 spiro atoms. The summed E-state index contributed by atoms with van der Waals surface area (Å²) in [5.74, 6) is 0.263. The number of aromatic nitrogens is 2. The number of carbonyl (C=O) groups excluding carboxylic acids is 1. The number of ether oxygens (including phenoxy) is 2. The zero-order valence-corrected chi connectivity index (χ0v) is 20.4. The molecule has 0 fully saturated rings. The van der Waals surface area contributed by atoms with E-state index in [2.05, 4.69) is 6.92 Å². The lowest BCUT2D eigenvalue weighted by Gasteiger charge is -2.24. The van der Waals surface area contributed by atoms with Crippen molar-refractivity contribution in [3.63, 3.8) is 0 Å². The van der Waals surface area contributed by atoms with Gasteiger partial charge in [-0.25, -0.2) is 9.59 Å². The number of hydrogen-bond donors (Lipinski definition) is 0. The highest BCUT2D eigenvalue weighted by atomic mass is 16.6. The van der Waals surface area contributed by atoms with Crippen molar-refractivity contribution in [3.8, 4) is 5.75 Å². The molecule has 0 unspecified atom stereocenters. The number of imidazole rings is 1. The lowest BCUT2D eigenvalue weighted by atomic mass is 10.1. The monoisotopic (exact) mass is 442 g/mol. The van der Waals surface area contributed by atoms with Crippen LogP contribution in [0.25, 0.3) is 0 Å². The summed E-state index contributed by atoms with van der Waals surface area (Å²) in [7, 11) is 0. The Hall–Kier alpha value is -2.76. The first-order valence-electron chi connectivity index (χ1n) is 11.6. The topological polar surface area (TPSA) is 62.5 Å². The molecule has 0 bridgehead atoms. The summed E-state index contributed by atoms with van der Waals surface area (Å²) < 4.78 is 14.6. The summed E-state index contributed by atoms with van der Waals surface area (Å²) in [6, 6.07) is 7.83. The standard InChI is InChI=1S/C26H38N2O4/c1-7-17-28-22(19-27(25(28)30)18-20(4)8-2)12-10-11-21-13-15-23(16-14-21)32-26(5,6)24(29)31-9-3/h8,13-16,19H,7,9-12,17-18H2,1-6H3/b20-8+. The number of rotatable bonds is 12. The van der Waals surface area contributed by atoms with Gasteiger partial charge in [0.15, 0.2) is 5.60 Å². The predicted molar refractivity (Wildman–Crippen MR) is 128 cm³/mol. The maximum absolute atomic E-state index is 12.8. The molecule has 2 rings (SSSR count). The largest absolute Gasteiger partial charge is 0.476 e. The van der Waals surface area contributed by atoms with Gasteiger partial charge in [0.2, 0.25) is 0 Å². The minimum absolute atomic E-state index is 0.0776. The van der Waals surface area contributed by atoms with Crippen LogP contribution >= 0.6 is 0 Å². The van der Waals surface area contributed by atoms with E-state index in [9.17, 15) is 9.59 Å². The zero-order chi connectivity index (χ0) is 23.7. The fourth-order valence-corrected chi connectivity index (χ4v) is 3.56. The molecule has 0 aliphatic heterocycles. The normalized spacial score (nSPS) is 12.1. The van der Waals surface area contributed by atoms with E-state index in [1.165, 1.54) is 11.1 Å². The van der Waals surface area contributed by atoms with Gasteiger partial charge in [0, 0.05) is 25.0 Å². The van der Waals surface area contributed by atoms with Gasteiger partial charge < -0.3 is 9.47 Å². The van der Waals surface area contributed by atoms with E-state index < -0.39 is 5.60 Å². The van der Waals surface area contributed by atoms with E-state index in [0.717, 1.165) is 37.9 Å². The summed E-state index contributed by atoms with van der Waals surface area (Å²) in [5.41, 5.74) is 2.52. The number of hydrogen-bond acceptors (Lipinski definition) is 4. The van der Waals surface area contributed by atoms with Crippen LogP contribution in [0.3, 0.4) is 0 Å². The van der Waals surface area contributed by atoms with Crippen LogP contribution in [0, 0.1) is 0 Å². The van der Waals surface area contributed by atoms with Crippen LogP contribution in [0.5, 0.6) is 5.75 Å². The molecule has 6 heteroatoms. The summed E-state index contributed by atoms with van der Waals surface area (Å²) >= 11 is 0. The molecule has 1 heterocycles. The molecule has 32 heavy (non-hydrogen) atoms. The lowest BCUT2D eigenvalue weighted by molar-refractivity contribution is -0.158. The van der Waals surface area contributed by atoms with Gasteiger partial charge in [-0.3, -0.25) is 9.13 Å². The molecule has 1 aromatic heterocycles. The molecule has 0 saturated heterocycles. The van der Waals surface area contributed by atoms with Crippen LogP contribution in [0.2, 0.25) is 0 Å². The molecule has 176 valence electrons. The summed E-state index contributed by atoms with van der Waals surface area (Å²) in [4.78, 5) is 24.8. The number of benzene rings is 1. The SMILES string of the molecule is C/C=C(\C)Cn1cc(CCCc2ccc(OC(C)(C)C(=O)OCC)cc2)n(CCC)c1=O. The van der Waals surface area contributed by atoms with Crippen LogP contribution in [0.1, 0.15) is 65.6 Å².